The molecule has 1 atom stereocenters. The minimum atomic E-state index is -0.569. The molecule has 0 saturated carbocycles. The van der Waals surface area contributed by atoms with Gasteiger partial charge in [-0.3, -0.25) is 15.0 Å². The number of carbonyl (C=O) groups is 3. The number of benzene rings is 1. The highest BCUT2D eigenvalue weighted by molar-refractivity contribution is 6.35. The molecule has 45 heavy (non-hydrogen) atoms. The summed E-state index contributed by atoms with van der Waals surface area (Å²) in [6, 6.07) is 6.44. The fourth-order valence-corrected chi connectivity index (χ4v) is 5.24. The first-order valence-corrected chi connectivity index (χ1v) is 15.0. The molecule has 3 aromatic rings. The van der Waals surface area contributed by atoms with Gasteiger partial charge < -0.3 is 30.3 Å². The van der Waals surface area contributed by atoms with Crippen molar-refractivity contribution in [2.45, 2.75) is 85.4 Å². The lowest BCUT2D eigenvalue weighted by Crippen LogP contribution is -2.48. The van der Waals surface area contributed by atoms with Gasteiger partial charge >= 0.3 is 12.1 Å². The van der Waals surface area contributed by atoms with Gasteiger partial charge in [-0.2, -0.15) is 0 Å². The normalized spacial score (nSPS) is 17.3. The zero-order valence-corrected chi connectivity index (χ0v) is 27.0. The monoisotopic (exact) mass is 618 g/mol. The van der Waals surface area contributed by atoms with E-state index in [1.807, 2.05) is 61.5 Å². The first-order chi connectivity index (χ1) is 21.1. The highest BCUT2D eigenvalue weighted by Gasteiger charge is 2.32. The van der Waals surface area contributed by atoms with E-state index in [-0.39, 0.29) is 23.6 Å². The van der Waals surface area contributed by atoms with Gasteiger partial charge in [0.15, 0.2) is 5.82 Å². The van der Waals surface area contributed by atoms with Crippen LogP contribution in [0.4, 0.5) is 32.5 Å². The van der Waals surface area contributed by atoms with Crippen molar-refractivity contribution in [3.8, 4) is 0 Å². The SMILES string of the molecule is Cc1[nH]c(/C=C2\C(=O)Nc3cc(NC(=O)Nc4cc(C(C)(C)C)on4)ccc32)c(C)c1NN[C@@H]1CCCN1C(=O)OC(C)(C)C. The number of hydrogen-bond donors (Lipinski definition) is 6. The average Bonchev–Trinajstić information content (AvgIpc) is 3.70. The van der Waals surface area contributed by atoms with Crippen molar-refractivity contribution in [3.05, 3.63) is 52.5 Å². The van der Waals surface area contributed by atoms with Crippen molar-refractivity contribution in [1.82, 2.24) is 20.5 Å². The smallest absolute Gasteiger partial charge is 0.411 e. The third-order valence-corrected chi connectivity index (χ3v) is 7.56. The van der Waals surface area contributed by atoms with E-state index >= 15 is 0 Å². The van der Waals surface area contributed by atoms with Crippen LogP contribution in [0, 0.1) is 13.8 Å². The molecule has 0 spiro atoms. The lowest BCUT2D eigenvalue weighted by Gasteiger charge is -2.29. The summed E-state index contributed by atoms with van der Waals surface area (Å²) >= 11 is 0. The number of amides is 4. The first kappa shape index (κ1) is 31.6. The second kappa shape index (κ2) is 12.0. The molecule has 13 nitrogen and oxygen atoms in total. The summed E-state index contributed by atoms with van der Waals surface area (Å²) < 4.78 is 10.9. The molecule has 240 valence electrons. The molecule has 1 aromatic carbocycles. The van der Waals surface area contributed by atoms with Crippen LogP contribution >= 0.6 is 0 Å². The van der Waals surface area contributed by atoms with Gasteiger partial charge in [0.1, 0.15) is 17.5 Å². The summed E-state index contributed by atoms with van der Waals surface area (Å²) in [7, 11) is 0. The molecule has 0 unspecified atom stereocenters. The average molecular weight is 619 g/mol. The number of fused-ring (bicyclic) bond motifs is 1. The third kappa shape index (κ3) is 7.14. The van der Waals surface area contributed by atoms with E-state index in [1.165, 1.54) is 0 Å². The topological polar surface area (TPSA) is 166 Å². The molecule has 1 saturated heterocycles. The van der Waals surface area contributed by atoms with Crippen molar-refractivity contribution in [3.63, 3.8) is 0 Å². The second-order valence-corrected chi connectivity index (χ2v) is 13.4. The quantitative estimate of drug-likeness (QED) is 0.138. The number of aryl methyl sites for hydroxylation is 1. The van der Waals surface area contributed by atoms with E-state index in [0.717, 1.165) is 41.0 Å². The molecule has 2 aliphatic heterocycles. The number of urea groups is 1. The van der Waals surface area contributed by atoms with Crippen LogP contribution in [-0.4, -0.2) is 51.4 Å². The number of likely N-dealkylation sites (tertiary alicyclic amines) is 1. The molecule has 4 amide bonds. The van der Waals surface area contributed by atoms with Gasteiger partial charge in [0.2, 0.25) is 0 Å². The maximum atomic E-state index is 13.0. The van der Waals surface area contributed by atoms with Crippen LogP contribution in [0.1, 0.15) is 82.7 Å². The number of aromatic nitrogens is 2. The Morgan fingerprint density at radius 2 is 1.87 bits per heavy atom. The number of aromatic amines is 1. The molecule has 2 aromatic heterocycles. The van der Waals surface area contributed by atoms with E-state index < -0.39 is 11.6 Å². The second-order valence-electron chi connectivity index (χ2n) is 13.4. The summed E-state index contributed by atoms with van der Waals surface area (Å²) in [6.45, 7) is 16.0. The van der Waals surface area contributed by atoms with Gasteiger partial charge in [0, 0.05) is 40.7 Å². The maximum absolute atomic E-state index is 13.0. The Morgan fingerprint density at radius 1 is 1.11 bits per heavy atom. The van der Waals surface area contributed by atoms with Crippen molar-refractivity contribution in [2.75, 3.05) is 27.9 Å². The van der Waals surface area contributed by atoms with E-state index in [9.17, 15) is 14.4 Å². The zero-order chi connectivity index (χ0) is 32.7. The number of hydrazine groups is 1. The molecule has 5 rings (SSSR count). The number of H-pyrrole nitrogens is 1. The van der Waals surface area contributed by atoms with Crippen LogP contribution in [0.2, 0.25) is 0 Å². The fourth-order valence-electron chi connectivity index (χ4n) is 5.24. The Bertz CT molecular complexity index is 1660. The summed E-state index contributed by atoms with van der Waals surface area (Å²) in [5, 5.41) is 12.2. The Morgan fingerprint density at radius 3 is 2.56 bits per heavy atom. The van der Waals surface area contributed by atoms with Gasteiger partial charge in [-0.15, -0.1) is 0 Å². The van der Waals surface area contributed by atoms with Crippen molar-refractivity contribution < 1.29 is 23.6 Å². The third-order valence-electron chi connectivity index (χ3n) is 7.56. The van der Waals surface area contributed by atoms with Crippen LogP contribution in [-0.2, 0) is 14.9 Å². The van der Waals surface area contributed by atoms with Gasteiger partial charge in [0.25, 0.3) is 5.91 Å². The predicted molar refractivity (Wildman–Crippen MR) is 174 cm³/mol. The molecule has 1 fully saturated rings. The highest BCUT2D eigenvalue weighted by Crippen LogP contribution is 2.36. The maximum Gasteiger partial charge on any atom is 0.411 e. The summed E-state index contributed by atoms with van der Waals surface area (Å²) in [5.41, 5.74) is 11.5. The van der Waals surface area contributed by atoms with Crippen LogP contribution in [0.15, 0.2) is 28.8 Å². The summed E-state index contributed by atoms with van der Waals surface area (Å²) in [4.78, 5) is 43.3. The van der Waals surface area contributed by atoms with Crippen molar-refractivity contribution in [1.29, 1.82) is 0 Å². The molecule has 0 radical (unpaired) electrons. The van der Waals surface area contributed by atoms with Gasteiger partial charge in [-0.1, -0.05) is 32.0 Å². The zero-order valence-electron chi connectivity index (χ0n) is 27.0. The Hall–Kier alpha value is -4.78. The highest BCUT2D eigenvalue weighted by atomic mass is 16.6. The number of carbonyl (C=O) groups excluding carboxylic acids is 3. The lowest BCUT2D eigenvalue weighted by molar-refractivity contribution is -0.110. The van der Waals surface area contributed by atoms with Crippen molar-refractivity contribution in [2.24, 2.45) is 0 Å². The number of ether oxygens (including phenoxy) is 1. The van der Waals surface area contributed by atoms with E-state index in [4.69, 9.17) is 9.26 Å². The van der Waals surface area contributed by atoms with Gasteiger partial charge in [-0.05, 0) is 71.2 Å². The lowest BCUT2D eigenvalue weighted by atomic mass is 9.93. The van der Waals surface area contributed by atoms with Crippen molar-refractivity contribution >= 4 is 52.6 Å². The van der Waals surface area contributed by atoms with Crippen LogP contribution in [0.25, 0.3) is 11.6 Å². The Labute approximate surface area is 262 Å². The Balaban J connectivity index is 1.26. The predicted octanol–water partition coefficient (Wildman–Crippen LogP) is 6.33. The fraction of sp³-hybridized carbons (Fsp3) is 0.438. The number of rotatable bonds is 6. The number of anilines is 4. The summed E-state index contributed by atoms with van der Waals surface area (Å²) in [6.07, 6.45) is 2.91. The molecule has 6 N–H and O–H groups in total. The standard InChI is InChI=1S/C32H42N8O5/c1-17-22(33-18(2)27(17)38-37-26-10-9-13-40(26)30(43)44-32(6,7)8)15-21-20-12-11-19(14-23(20)35-28(21)41)34-29(42)36-25-16-24(45-39-25)31(3,4)5/h11-12,14-16,26,33,37-38H,9-10,13H2,1-8H3,(H,35,41)(H2,34,36,39,42)/b21-15-/t26-/m0/s1. The first-order valence-electron chi connectivity index (χ1n) is 15.0. The molecule has 4 heterocycles. The van der Waals surface area contributed by atoms with Gasteiger partial charge in [0.05, 0.1) is 16.9 Å². The minimum absolute atomic E-state index is 0.218. The molecular formula is C32H42N8O5. The molecule has 13 heteroatoms. The van der Waals surface area contributed by atoms with E-state index in [1.54, 1.807) is 29.2 Å². The molecule has 2 aliphatic rings. The van der Waals surface area contributed by atoms with E-state index in [0.29, 0.717) is 35.1 Å². The molecule has 0 bridgehead atoms. The van der Waals surface area contributed by atoms with Crippen LogP contribution in [0.3, 0.4) is 0 Å². The van der Waals surface area contributed by atoms with E-state index in [2.05, 4.69) is 36.9 Å². The van der Waals surface area contributed by atoms with Crippen LogP contribution in [0.5, 0.6) is 0 Å². The Kier molecular flexibility index (Phi) is 8.41. The largest absolute Gasteiger partial charge is 0.444 e. The number of hydrogen-bond acceptors (Lipinski definition) is 8. The number of nitrogens with one attached hydrogen (secondary N) is 6. The minimum Gasteiger partial charge on any atom is -0.444 e. The molecule has 0 aliphatic carbocycles. The van der Waals surface area contributed by atoms with Gasteiger partial charge in [-0.25, -0.2) is 15.0 Å². The van der Waals surface area contributed by atoms with Crippen LogP contribution < -0.4 is 26.8 Å². The summed E-state index contributed by atoms with van der Waals surface area (Å²) in [5.74, 6) is 0.714. The number of nitrogens with zero attached hydrogens (tertiary/aromatic N) is 2. The molecular weight excluding hydrogens is 576 g/mol.